The van der Waals surface area contributed by atoms with Crippen LogP contribution in [0.4, 0.5) is 0 Å². The molecule has 94 valence electrons. The highest BCUT2D eigenvalue weighted by Crippen LogP contribution is 1.95. The Hall–Kier alpha value is -1.90. The van der Waals surface area contributed by atoms with Crippen LogP contribution in [0.3, 0.4) is 0 Å². The molecule has 0 bridgehead atoms. The van der Waals surface area contributed by atoms with Crippen molar-refractivity contribution in [3.8, 4) is 0 Å². The van der Waals surface area contributed by atoms with Gasteiger partial charge in [-0.2, -0.15) is 0 Å². The topological polar surface area (TPSA) is 51.3 Å². The molecular weight excluding hydrogens is 210 g/mol. The van der Waals surface area contributed by atoms with Crippen LogP contribution >= 0.6 is 0 Å². The van der Waals surface area contributed by atoms with Gasteiger partial charge in [0.25, 0.3) is 0 Å². The third kappa shape index (κ3) is 12.0. The summed E-state index contributed by atoms with van der Waals surface area (Å²) in [5.74, 6) is 0.398. The van der Waals surface area contributed by atoms with Crippen molar-refractivity contribution >= 4 is 6.72 Å². The van der Waals surface area contributed by atoms with Crippen molar-refractivity contribution in [1.82, 2.24) is 4.98 Å². The van der Waals surface area contributed by atoms with E-state index in [0.717, 1.165) is 5.69 Å². The van der Waals surface area contributed by atoms with E-state index in [4.69, 9.17) is 5.73 Å². The second-order valence-corrected chi connectivity index (χ2v) is 2.96. The fourth-order valence-corrected chi connectivity index (χ4v) is 0.861. The molecule has 0 aliphatic rings. The predicted octanol–water partition coefficient (Wildman–Crippen LogP) is 3.40. The summed E-state index contributed by atoms with van der Waals surface area (Å²) in [6, 6.07) is 4.05. The number of aromatic nitrogens is 1. The van der Waals surface area contributed by atoms with E-state index in [1.807, 2.05) is 33.0 Å². The van der Waals surface area contributed by atoms with E-state index < -0.39 is 0 Å². The number of nitrogens with two attached hydrogens (primary N) is 1. The maximum Gasteiger partial charge on any atom is 0.122 e. The molecule has 0 unspecified atom stereocenters. The lowest BCUT2D eigenvalue weighted by Gasteiger charge is -1.90. The summed E-state index contributed by atoms with van der Waals surface area (Å²) in [5.41, 5.74) is 7.51. The van der Waals surface area contributed by atoms with E-state index in [-0.39, 0.29) is 0 Å². The predicted molar refractivity (Wildman–Crippen MR) is 77.1 cm³/mol. The summed E-state index contributed by atoms with van der Waals surface area (Å²) in [6.07, 6.45) is 4.96. The first-order chi connectivity index (χ1) is 8.10. The van der Waals surface area contributed by atoms with E-state index in [9.17, 15) is 0 Å². The molecule has 0 radical (unpaired) electrons. The average molecular weight is 233 g/mol. The van der Waals surface area contributed by atoms with Gasteiger partial charge in [-0.25, -0.2) is 4.99 Å². The minimum Gasteiger partial charge on any atom is -0.384 e. The molecule has 3 nitrogen and oxygen atoms in total. The third-order valence-corrected chi connectivity index (χ3v) is 1.52. The van der Waals surface area contributed by atoms with Crippen LogP contribution in [0.25, 0.3) is 0 Å². The van der Waals surface area contributed by atoms with Crippen LogP contribution < -0.4 is 5.73 Å². The number of pyridine rings is 1. The van der Waals surface area contributed by atoms with E-state index >= 15 is 0 Å². The Bertz CT molecular complexity index is 337. The molecule has 0 spiro atoms. The molecule has 1 aromatic rings. The number of aliphatic imine (C=N–C) groups is 1. The first kappa shape index (κ1) is 17.5. The molecular formula is C14H23N3. The van der Waals surface area contributed by atoms with E-state index in [2.05, 4.69) is 36.3 Å². The number of aryl methyl sites for hydroxylation is 2. The summed E-state index contributed by atoms with van der Waals surface area (Å²) in [6.45, 7) is 14.6. The number of hydrogen-bond donors (Lipinski definition) is 1. The van der Waals surface area contributed by atoms with Crippen molar-refractivity contribution in [2.45, 2.75) is 27.7 Å². The zero-order chi connectivity index (χ0) is 13.7. The van der Waals surface area contributed by atoms with Crippen LogP contribution in [-0.4, -0.2) is 11.7 Å². The van der Waals surface area contributed by atoms with E-state index in [1.165, 1.54) is 5.56 Å². The number of nitrogens with zero attached hydrogens (tertiary/aromatic N) is 2. The lowest BCUT2D eigenvalue weighted by atomic mass is 10.3. The standard InChI is InChI=1S/C7H9N.C5H8N2.C2H6/c1-6-3-4-8-7(2)5-6;1-3-4-5(6)7-2;1-2/h3-5H,1-2H3;3-4H,1-2,6H2;1-2H3/b;5-4-;. The first-order valence-corrected chi connectivity index (χ1v) is 5.54. The van der Waals surface area contributed by atoms with Crippen molar-refractivity contribution in [2.24, 2.45) is 10.7 Å². The van der Waals surface area contributed by atoms with Gasteiger partial charge in [0.2, 0.25) is 0 Å². The lowest BCUT2D eigenvalue weighted by Crippen LogP contribution is -1.89. The lowest BCUT2D eigenvalue weighted by molar-refractivity contribution is 1.18. The monoisotopic (exact) mass is 233 g/mol. The van der Waals surface area contributed by atoms with Crippen LogP contribution in [-0.2, 0) is 0 Å². The Balaban J connectivity index is 0. The minimum atomic E-state index is 0.398. The van der Waals surface area contributed by atoms with Crippen molar-refractivity contribution in [2.75, 3.05) is 0 Å². The Morgan fingerprint density at radius 3 is 2.24 bits per heavy atom. The molecule has 0 saturated carbocycles. The highest BCUT2D eigenvalue weighted by atomic mass is 14.9. The van der Waals surface area contributed by atoms with Crippen molar-refractivity contribution < 1.29 is 0 Å². The SMILES string of the molecule is C=C/C=C(/N)N=C.CC.Cc1ccnc(C)c1. The van der Waals surface area contributed by atoms with Gasteiger partial charge >= 0.3 is 0 Å². The quantitative estimate of drug-likeness (QED) is 0.628. The Morgan fingerprint density at radius 2 is 2.00 bits per heavy atom. The van der Waals surface area contributed by atoms with Gasteiger partial charge in [-0.15, -0.1) is 0 Å². The number of allylic oxidation sites excluding steroid dienone is 2. The second kappa shape index (κ2) is 12.2. The second-order valence-electron chi connectivity index (χ2n) is 2.96. The van der Waals surface area contributed by atoms with Gasteiger partial charge in [0.15, 0.2) is 0 Å². The van der Waals surface area contributed by atoms with Crippen LogP contribution in [0.2, 0.25) is 0 Å². The molecule has 1 heterocycles. The fourth-order valence-electron chi connectivity index (χ4n) is 0.861. The van der Waals surface area contributed by atoms with Gasteiger partial charge < -0.3 is 5.73 Å². The smallest absolute Gasteiger partial charge is 0.122 e. The zero-order valence-corrected chi connectivity index (χ0v) is 11.3. The van der Waals surface area contributed by atoms with Gasteiger partial charge in [-0.05, 0) is 44.3 Å². The van der Waals surface area contributed by atoms with Gasteiger partial charge in [-0.3, -0.25) is 4.98 Å². The van der Waals surface area contributed by atoms with Crippen molar-refractivity contribution in [3.63, 3.8) is 0 Å². The minimum absolute atomic E-state index is 0.398. The van der Waals surface area contributed by atoms with E-state index in [0.29, 0.717) is 5.82 Å². The zero-order valence-electron chi connectivity index (χ0n) is 11.3. The van der Waals surface area contributed by atoms with Crippen LogP contribution in [0, 0.1) is 13.8 Å². The third-order valence-electron chi connectivity index (χ3n) is 1.52. The molecule has 17 heavy (non-hydrogen) atoms. The highest BCUT2D eigenvalue weighted by Gasteiger charge is 1.82. The maximum absolute atomic E-state index is 5.14. The normalized spacial score (nSPS) is 9.06. The van der Waals surface area contributed by atoms with Crippen LogP contribution in [0.15, 0.2) is 47.9 Å². The van der Waals surface area contributed by atoms with Gasteiger partial charge in [0.05, 0.1) is 0 Å². The molecule has 0 saturated heterocycles. The Morgan fingerprint density at radius 1 is 1.41 bits per heavy atom. The fraction of sp³-hybridized carbons (Fsp3) is 0.286. The van der Waals surface area contributed by atoms with Gasteiger partial charge in [-0.1, -0.05) is 26.5 Å². The van der Waals surface area contributed by atoms with Gasteiger partial charge in [0, 0.05) is 11.9 Å². The summed E-state index contributed by atoms with van der Waals surface area (Å²) >= 11 is 0. The number of rotatable bonds is 2. The number of hydrogen-bond acceptors (Lipinski definition) is 3. The molecule has 0 aromatic carbocycles. The van der Waals surface area contributed by atoms with E-state index in [1.54, 1.807) is 12.2 Å². The molecule has 0 fully saturated rings. The molecule has 0 aliphatic heterocycles. The van der Waals surface area contributed by atoms with Crippen molar-refractivity contribution in [3.05, 3.63) is 54.1 Å². The summed E-state index contributed by atoms with van der Waals surface area (Å²) in [5, 5.41) is 0. The molecule has 1 aromatic heterocycles. The van der Waals surface area contributed by atoms with Gasteiger partial charge in [0.1, 0.15) is 5.82 Å². The maximum atomic E-state index is 5.14. The average Bonchev–Trinajstić information content (AvgIpc) is 2.32. The summed E-state index contributed by atoms with van der Waals surface area (Å²) < 4.78 is 0. The Labute approximate surface area is 105 Å². The molecule has 0 atom stereocenters. The highest BCUT2D eigenvalue weighted by molar-refractivity contribution is 5.28. The Kier molecular flexibility index (Phi) is 12.5. The molecule has 0 aliphatic carbocycles. The summed E-state index contributed by atoms with van der Waals surface area (Å²) in [4.78, 5) is 7.44. The summed E-state index contributed by atoms with van der Waals surface area (Å²) in [7, 11) is 0. The molecule has 0 amide bonds. The van der Waals surface area contributed by atoms with Crippen molar-refractivity contribution in [1.29, 1.82) is 0 Å². The molecule has 2 N–H and O–H groups in total. The molecule has 1 rings (SSSR count). The first-order valence-electron chi connectivity index (χ1n) is 5.54. The van der Waals surface area contributed by atoms with Crippen LogP contribution in [0.5, 0.6) is 0 Å². The molecule has 3 heteroatoms. The largest absolute Gasteiger partial charge is 0.384 e. The van der Waals surface area contributed by atoms with Crippen LogP contribution in [0.1, 0.15) is 25.1 Å².